The molecule has 24 heavy (non-hydrogen) atoms. The molecule has 0 aliphatic carbocycles. The highest BCUT2D eigenvalue weighted by atomic mass is 16.5. The summed E-state index contributed by atoms with van der Waals surface area (Å²) in [6.07, 6.45) is 1.12. The maximum absolute atomic E-state index is 5.55. The summed E-state index contributed by atoms with van der Waals surface area (Å²) in [6, 6.07) is 5.87. The highest BCUT2D eigenvalue weighted by Crippen LogP contribution is 2.23. The Labute approximate surface area is 142 Å². The van der Waals surface area contributed by atoms with E-state index in [1.54, 1.807) is 0 Å². The van der Waals surface area contributed by atoms with Gasteiger partial charge in [-0.05, 0) is 38.5 Å². The third-order valence-electron chi connectivity index (χ3n) is 3.84. The fraction of sp³-hybridized carbons (Fsp3) is 0.471. The zero-order valence-corrected chi connectivity index (χ0v) is 14.5. The quantitative estimate of drug-likeness (QED) is 0.877. The molecule has 3 rings (SSSR count). The second-order valence-electron chi connectivity index (χ2n) is 5.75. The Balaban J connectivity index is 1.77. The van der Waals surface area contributed by atoms with Crippen LogP contribution in [0.15, 0.2) is 23.2 Å². The monoisotopic (exact) mass is 328 g/mol. The highest BCUT2D eigenvalue weighted by molar-refractivity contribution is 5.93. The zero-order chi connectivity index (χ0) is 16.9. The van der Waals surface area contributed by atoms with Gasteiger partial charge in [0.2, 0.25) is 11.9 Å². The second kappa shape index (κ2) is 7.44. The SMILES string of the molecule is CCCN1CN=C(Nc2nc(C)c3cc(OCC)ccc3n2)NC1. The van der Waals surface area contributed by atoms with E-state index in [4.69, 9.17) is 4.74 Å². The number of aryl methyl sites for hydroxylation is 1. The van der Waals surface area contributed by atoms with Crippen molar-refractivity contribution in [1.29, 1.82) is 0 Å². The number of aliphatic imine (C=N–C) groups is 1. The number of rotatable bonds is 5. The number of nitrogens with zero attached hydrogens (tertiary/aromatic N) is 4. The summed E-state index contributed by atoms with van der Waals surface area (Å²) in [5.41, 5.74) is 1.80. The summed E-state index contributed by atoms with van der Waals surface area (Å²) in [4.78, 5) is 15.9. The van der Waals surface area contributed by atoms with Crippen LogP contribution in [0.25, 0.3) is 10.9 Å². The Hall–Kier alpha value is -2.41. The van der Waals surface area contributed by atoms with Gasteiger partial charge >= 0.3 is 0 Å². The van der Waals surface area contributed by atoms with Gasteiger partial charge in [-0.2, -0.15) is 0 Å². The molecule has 7 nitrogen and oxygen atoms in total. The van der Waals surface area contributed by atoms with Crippen LogP contribution in [0.5, 0.6) is 5.75 Å². The molecule has 0 bridgehead atoms. The number of guanidine groups is 1. The summed E-state index contributed by atoms with van der Waals surface area (Å²) in [7, 11) is 0. The second-order valence-corrected chi connectivity index (χ2v) is 5.75. The molecule has 2 N–H and O–H groups in total. The first-order chi connectivity index (χ1) is 11.7. The third-order valence-corrected chi connectivity index (χ3v) is 3.84. The molecule has 0 atom stereocenters. The molecule has 1 aliphatic rings. The van der Waals surface area contributed by atoms with Crippen LogP contribution in [-0.2, 0) is 0 Å². The molecule has 2 heterocycles. The largest absolute Gasteiger partial charge is 0.494 e. The van der Waals surface area contributed by atoms with E-state index >= 15 is 0 Å². The van der Waals surface area contributed by atoms with Crippen LogP contribution in [0.4, 0.5) is 5.95 Å². The Morgan fingerprint density at radius 1 is 1.29 bits per heavy atom. The van der Waals surface area contributed by atoms with Gasteiger partial charge in [-0.15, -0.1) is 0 Å². The van der Waals surface area contributed by atoms with Crippen molar-refractivity contribution in [3.05, 3.63) is 23.9 Å². The van der Waals surface area contributed by atoms with E-state index in [9.17, 15) is 0 Å². The van der Waals surface area contributed by atoms with Crippen LogP contribution in [0.1, 0.15) is 26.0 Å². The Bertz CT molecular complexity index is 745. The van der Waals surface area contributed by atoms with Crippen molar-refractivity contribution in [2.75, 3.05) is 31.8 Å². The van der Waals surface area contributed by atoms with Gasteiger partial charge in [0.15, 0.2) is 0 Å². The molecule has 128 valence electrons. The van der Waals surface area contributed by atoms with Gasteiger partial charge in [0.1, 0.15) is 5.75 Å². The minimum atomic E-state index is 0.555. The number of anilines is 1. The molecule has 7 heteroatoms. The summed E-state index contributed by atoms with van der Waals surface area (Å²) in [6.45, 7) is 9.27. The van der Waals surface area contributed by atoms with E-state index in [1.165, 1.54) is 0 Å². The molecule has 0 amide bonds. The number of fused-ring (bicyclic) bond motifs is 1. The molecule has 0 saturated heterocycles. The molecule has 0 spiro atoms. The molecule has 0 saturated carbocycles. The number of hydrogen-bond donors (Lipinski definition) is 2. The van der Waals surface area contributed by atoms with Gasteiger partial charge in [-0.1, -0.05) is 6.92 Å². The number of aromatic nitrogens is 2. The van der Waals surface area contributed by atoms with Crippen LogP contribution in [0.3, 0.4) is 0 Å². The van der Waals surface area contributed by atoms with Gasteiger partial charge < -0.3 is 10.1 Å². The zero-order valence-electron chi connectivity index (χ0n) is 14.5. The van der Waals surface area contributed by atoms with Gasteiger partial charge in [-0.25, -0.2) is 15.0 Å². The average molecular weight is 328 g/mol. The summed E-state index contributed by atoms with van der Waals surface area (Å²) < 4.78 is 5.55. The fourth-order valence-electron chi connectivity index (χ4n) is 2.69. The molecule has 1 aromatic heterocycles. The Kier molecular flexibility index (Phi) is 5.10. The van der Waals surface area contributed by atoms with Crippen molar-refractivity contribution in [2.45, 2.75) is 27.2 Å². The molecule has 1 aromatic carbocycles. The number of hydrogen-bond acceptors (Lipinski definition) is 7. The molecule has 1 aliphatic heterocycles. The average Bonchev–Trinajstić information content (AvgIpc) is 2.58. The number of ether oxygens (including phenoxy) is 1. The van der Waals surface area contributed by atoms with Gasteiger partial charge in [0.25, 0.3) is 0 Å². The normalized spacial score (nSPS) is 15.0. The van der Waals surface area contributed by atoms with Crippen molar-refractivity contribution in [3.63, 3.8) is 0 Å². The van der Waals surface area contributed by atoms with Crippen LogP contribution < -0.4 is 15.4 Å². The predicted molar refractivity (Wildman–Crippen MR) is 96.4 cm³/mol. The minimum Gasteiger partial charge on any atom is -0.494 e. The van der Waals surface area contributed by atoms with Crippen molar-refractivity contribution >= 4 is 22.8 Å². The molecular formula is C17H24N6O. The van der Waals surface area contributed by atoms with Gasteiger partial charge in [0, 0.05) is 11.9 Å². The van der Waals surface area contributed by atoms with Gasteiger partial charge in [-0.3, -0.25) is 10.2 Å². The van der Waals surface area contributed by atoms with E-state index < -0.39 is 0 Å². The maximum atomic E-state index is 5.55. The first kappa shape index (κ1) is 16.4. The first-order valence-corrected chi connectivity index (χ1v) is 8.38. The Morgan fingerprint density at radius 3 is 2.88 bits per heavy atom. The minimum absolute atomic E-state index is 0.555. The topological polar surface area (TPSA) is 74.7 Å². The molecular weight excluding hydrogens is 304 g/mol. The lowest BCUT2D eigenvalue weighted by molar-refractivity contribution is 0.265. The predicted octanol–water partition coefficient (Wildman–Crippen LogP) is 2.34. The van der Waals surface area contributed by atoms with E-state index in [-0.39, 0.29) is 0 Å². The van der Waals surface area contributed by atoms with Crippen molar-refractivity contribution in [2.24, 2.45) is 4.99 Å². The molecule has 2 aromatic rings. The van der Waals surface area contributed by atoms with E-state index in [0.29, 0.717) is 25.2 Å². The lowest BCUT2D eigenvalue weighted by atomic mass is 10.2. The van der Waals surface area contributed by atoms with E-state index in [2.05, 4.69) is 37.4 Å². The molecule has 0 unspecified atom stereocenters. The Morgan fingerprint density at radius 2 is 2.17 bits per heavy atom. The summed E-state index contributed by atoms with van der Waals surface area (Å²) in [5, 5.41) is 7.43. The molecule has 0 radical (unpaired) electrons. The summed E-state index contributed by atoms with van der Waals surface area (Å²) >= 11 is 0. The summed E-state index contributed by atoms with van der Waals surface area (Å²) in [5.74, 6) is 2.11. The van der Waals surface area contributed by atoms with Crippen LogP contribution in [0.2, 0.25) is 0 Å². The number of benzene rings is 1. The van der Waals surface area contributed by atoms with Gasteiger partial charge in [0.05, 0.1) is 31.2 Å². The fourth-order valence-corrected chi connectivity index (χ4v) is 2.69. The standard InChI is InChI=1S/C17H24N6O/c1-4-8-23-10-18-16(19-11-23)22-17-20-12(3)14-9-13(24-5-2)6-7-15(14)21-17/h6-7,9H,4-5,8,10-11H2,1-3H3,(H2,18,19,20,21,22). The highest BCUT2D eigenvalue weighted by Gasteiger charge is 2.13. The van der Waals surface area contributed by atoms with Crippen molar-refractivity contribution < 1.29 is 4.74 Å². The molecule has 0 fully saturated rings. The smallest absolute Gasteiger partial charge is 0.230 e. The number of nitrogens with one attached hydrogen (secondary N) is 2. The van der Waals surface area contributed by atoms with E-state index in [0.717, 1.165) is 42.0 Å². The van der Waals surface area contributed by atoms with Crippen molar-refractivity contribution in [1.82, 2.24) is 20.2 Å². The lowest BCUT2D eigenvalue weighted by Crippen LogP contribution is -2.46. The van der Waals surface area contributed by atoms with Crippen LogP contribution in [-0.4, -0.2) is 47.3 Å². The lowest BCUT2D eigenvalue weighted by Gasteiger charge is -2.26. The van der Waals surface area contributed by atoms with Crippen molar-refractivity contribution in [3.8, 4) is 5.75 Å². The van der Waals surface area contributed by atoms with Crippen LogP contribution >= 0.6 is 0 Å². The first-order valence-electron chi connectivity index (χ1n) is 8.38. The van der Waals surface area contributed by atoms with Crippen LogP contribution in [0, 0.1) is 6.92 Å². The maximum Gasteiger partial charge on any atom is 0.230 e. The van der Waals surface area contributed by atoms with E-state index in [1.807, 2.05) is 32.0 Å². The third kappa shape index (κ3) is 3.73.